The molecule has 2 aromatic rings. The van der Waals surface area contributed by atoms with E-state index in [-0.39, 0.29) is 17.9 Å². The van der Waals surface area contributed by atoms with E-state index in [0.29, 0.717) is 13.2 Å². The molecule has 126 valence electrons. The van der Waals surface area contributed by atoms with Gasteiger partial charge in [-0.3, -0.25) is 4.79 Å². The highest BCUT2D eigenvalue weighted by Crippen LogP contribution is 2.28. The van der Waals surface area contributed by atoms with Crippen molar-refractivity contribution in [2.24, 2.45) is 0 Å². The van der Waals surface area contributed by atoms with Crippen molar-refractivity contribution >= 4 is 5.91 Å². The highest BCUT2D eigenvalue weighted by Gasteiger charge is 2.27. The van der Waals surface area contributed by atoms with Gasteiger partial charge in [0, 0.05) is 25.0 Å². The fraction of sp³-hybridized carbons (Fsp3) is 0.350. The molecule has 1 amide bonds. The number of morpholine rings is 1. The van der Waals surface area contributed by atoms with Crippen LogP contribution in [0.25, 0.3) is 0 Å². The van der Waals surface area contributed by atoms with Crippen molar-refractivity contribution in [3.8, 4) is 0 Å². The minimum absolute atomic E-state index is 0.0344. The number of carbonyl (C=O) groups excluding carboxylic acids is 1. The van der Waals surface area contributed by atoms with Crippen LogP contribution in [0.3, 0.4) is 0 Å². The molecule has 0 spiro atoms. The van der Waals surface area contributed by atoms with Crippen molar-refractivity contribution in [1.82, 2.24) is 10.6 Å². The average molecular weight is 324 g/mol. The lowest BCUT2D eigenvalue weighted by Gasteiger charge is -2.29. The van der Waals surface area contributed by atoms with E-state index >= 15 is 0 Å². The third kappa shape index (κ3) is 4.02. The van der Waals surface area contributed by atoms with Crippen molar-refractivity contribution in [1.29, 1.82) is 0 Å². The summed E-state index contributed by atoms with van der Waals surface area (Å²) in [6, 6.07) is 20.6. The van der Waals surface area contributed by atoms with E-state index in [1.165, 1.54) is 11.1 Å². The van der Waals surface area contributed by atoms with Crippen molar-refractivity contribution in [3.05, 3.63) is 71.8 Å². The molecule has 4 nitrogen and oxygen atoms in total. The fourth-order valence-corrected chi connectivity index (χ4v) is 3.23. The lowest BCUT2D eigenvalue weighted by molar-refractivity contribution is -0.134. The molecular formula is C20H24N2O2. The molecule has 2 aromatic carbocycles. The maximum Gasteiger partial charge on any atom is 0.250 e. The SMILES string of the molecule is CC(NC(=O)C1CNCCO1)C(c1ccccc1)c1ccccc1. The third-order valence-corrected chi connectivity index (χ3v) is 4.41. The first-order valence-electron chi connectivity index (χ1n) is 8.48. The topological polar surface area (TPSA) is 50.4 Å². The Labute approximate surface area is 143 Å². The number of benzene rings is 2. The van der Waals surface area contributed by atoms with E-state index in [0.717, 1.165) is 6.54 Å². The molecule has 1 aliphatic heterocycles. The molecule has 1 aliphatic rings. The normalized spacial score (nSPS) is 19.0. The minimum atomic E-state index is -0.409. The number of nitrogens with one attached hydrogen (secondary N) is 2. The number of carbonyl (C=O) groups is 1. The van der Waals surface area contributed by atoms with Crippen LogP contribution in [0.1, 0.15) is 24.0 Å². The average Bonchev–Trinajstić information content (AvgIpc) is 2.64. The van der Waals surface area contributed by atoms with Gasteiger partial charge in [-0.25, -0.2) is 0 Å². The lowest BCUT2D eigenvalue weighted by Crippen LogP contribution is -2.50. The summed E-state index contributed by atoms with van der Waals surface area (Å²) in [6.45, 7) is 4.00. The monoisotopic (exact) mass is 324 g/mol. The molecule has 1 saturated heterocycles. The Morgan fingerprint density at radius 3 is 2.17 bits per heavy atom. The van der Waals surface area contributed by atoms with Crippen LogP contribution in [-0.2, 0) is 9.53 Å². The van der Waals surface area contributed by atoms with Gasteiger partial charge in [0.2, 0.25) is 0 Å². The molecule has 0 aromatic heterocycles. The summed E-state index contributed by atoms with van der Waals surface area (Å²) in [7, 11) is 0. The predicted octanol–water partition coefficient (Wildman–Crippen LogP) is 2.31. The first-order valence-corrected chi connectivity index (χ1v) is 8.48. The van der Waals surface area contributed by atoms with Crippen molar-refractivity contribution in [3.63, 3.8) is 0 Å². The van der Waals surface area contributed by atoms with Crippen LogP contribution in [0.2, 0.25) is 0 Å². The molecule has 24 heavy (non-hydrogen) atoms. The van der Waals surface area contributed by atoms with Crippen molar-refractivity contribution < 1.29 is 9.53 Å². The van der Waals surface area contributed by atoms with Gasteiger partial charge < -0.3 is 15.4 Å². The molecule has 2 atom stereocenters. The third-order valence-electron chi connectivity index (χ3n) is 4.41. The Hall–Kier alpha value is -2.17. The zero-order valence-corrected chi connectivity index (χ0v) is 13.9. The van der Waals surface area contributed by atoms with Crippen LogP contribution in [0.15, 0.2) is 60.7 Å². The maximum atomic E-state index is 12.5. The van der Waals surface area contributed by atoms with E-state index in [4.69, 9.17) is 4.74 Å². The minimum Gasteiger partial charge on any atom is -0.366 e. The van der Waals surface area contributed by atoms with Crippen molar-refractivity contribution in [2.45, 2.75) is 25.0 Å². The molecule has 0 saturated carbocycles. The lowest BCUT2D eigenvalue weighted by atomic mass is 9.85. The van der Waals surface area contributed by atoms with Crippen LogP contribution in [0, 0.1) is 0 Å². The predicted molar refractivity (Wildman–Crippen MR) is 94.9 cm³/mol. The van der Waals surface area contributed by atoms with Gasteiger partial charge in [0.15, 0.2) is 0 Å². The number of hydrogen-bond donors (Lipinski definition) is 2. The van der Waals surface area contributed by atoms with E-state index in [2.05, 4.69) is 41.8 Å². The second-order valence-corrected chi connectivity index (χ2v) is 6.16. The largest absolute Gasteiger partial charge is 0.366 e. The van der Waals surface area contributed by atoms with Crippen LogP contribution in [-0.4, -0.2) is 37.7 Å². The van der Waals surface area contributed by atoms with E-state index in [1.54, 1.807) is 0 Å². The summed E-state index contributed by atoms with van der Waals surface area (Å²) in [4.78, 5) is 12.5. The molecule has 1 fully saturated rings. The smallest absolute Gasteiger partial charge is 0.250 e. The zero-order valence-electron chi connectivity index (χ0n) is 13.9. The maximum absolute atomic E-state index is 12.5. The number of amides is 1. The second-order valence-electron chi connectivity index (χ2n) is 6.16. The summed E-state index contributed by atoms with van der Waals surface area (Å²) in [5.74, 6) is 0.0551. The van der Waals surface area contributed by atoms with E-state index in [9.17, 15) is 4.79 Å². The number of rotatable bonds is 5. The summed E-state index contributed by atoms with van der Waals surface area (Å²) in [5.41, 5.74) is 2.39. The Balaban J connectivity index is 1.79. The molecule has 3 rings (SSSR count). The first-order chi connectivity index (χ1) is 11.8. The standard InChI is InChI=1S/C20H24N2O2/c1-15(22-20(23)18-14-21-12-13-24-18)19(16-8-4-2-5-9-16)17-10-6-3-7-11-17/h2-11,15,18-19,21H,12-14H2,1H3,(H,22,23). The fourth-order valence-electron chi connectivity index (χ4n) is 3.23. The van der Waals surface area contributed by atoms with Gasteiger partial charge in [-0.15, -0.1) is 0 Å². The van der Waals surface area contributed by atoms with Crippen LogP contribution in [0.5, 0.6) is 0 Å². The highest BCUT2D eigenvalue weighted by atomic mass is 16.5. The Morgan fingerprint density at radius 1 is 1.08 bits per heavy atom. The molecule has 0 aliphatic carbocycles. The van der Waals surface area contributed by atoms with Gasteiger partial charge in [0.05, 0.1) is 6.61 Å². The van der Waals surface area contributed by atoms with Gasteiger partial charge >= 0.3 is 0 Å². The van der Waals surface area contributed by atoms with Gasteiger partial charge in [-0.1, -0.05) is 60.7 Å². The Kier molecular flexibility index (Phi) is 5.62. The molecular weight excluding hydrogens is 300 g/mol. The number of hydrogen-bond acceptors (Lipinski definition) is 3. The summed E-state index contributed by atoms with van der Waals surface area (Å²) in [5, 5.41) is 6.34. The summed E-state index contributed by atoms with van der Waals surface area (Å²) >= 11 is 0. The Bertz CT molecular complexity index is 600. The molecule has 2 N–H and O–H groups in total. The summed E-state index contributed by atoms with van der Waals surface area (Å²) in [6.07, 6.45) is -0.409. The quantitative estimate of drug-likeness (QED) is 0.887. The molecule has 0 radical (unpaired) electrons. The number of ether oxygens (including phenoxy) is 1. The van der Waals surface area contributed by atoms with Crippen LogP contribution in [0.4, 0.5) is 0 Å². The molecule has 2 unspecified atom stereocenters. The zero-order chi connectivity index (χ0) is 16.8. The van der Waals surface area contributed by atoms with Gasteiger partial charge in [0.25, 0.3) is 5.91 Å². The molecule has 4 heteroatoms. The van der Waals surface area contributed by atoms with Crippen LogP contribution < -0.4 is 10.6 Å². The van der Waals surface area contributed by atoms with Gasteiger partial charge in [0.1, 0.15) is 6.10 Å². The van der Waals surface area contributed by atoms with E-state index in [1.807, 2.05) is 36.4 Å². The highest BCUT2D eigenvalue weighted by molar-refractivity contribution is 5.81. The first kappa shape index (κ1) is 16.7. The summed E-state index contributed by atoms with van der Waals surface area (Å²) < 4.78 is 5.56. The van der Waals surface area contributed by atoms with Gasteiger partial charge in [-0.2, -0.15) is 0 Å². The molecule has 0 bridgehead atoms. The van der Waals surface area contributed by atoms with Crippen LogP contribution >= 0.6 is 0 Å². The van der Waals surface area contributed by atoms with Crippen molar-refractivity contribution in [2.75, 3.05) is 19.7 Å². The molecule has 1 heterocycles. The second kappa shape index (κ2) is 8.08. The van der Waals surface area contributed by atoms with E-state index < -0.39 is 6.10 Å². The Morgan fingerprint density at radius 2 is 1.67 bits per heavy atom. The van der Waals surface area contributed by atoms with Gasteiger partial charge in [-0.05, 0) is 18.1 Å².